The van der Waals surface area contributed by atoms with Crippen LogP contribution in [0.2, 0.25) is 0 Å². The van der Waals surface area contributed by atoms with Crippen LogP contribution >= 0.6 is 15.9 Å². The normalized spacial score (nSPS) is 11.1. The van der Waals surface area contributed by atoms with E-state index in [2.05, 4.69) is 45.2 Å². The summed E-state index contributed by atoms with van der Waals surface area (Å²) < 4.78 is 6.92. The van der Waals surface area contributed by atoms with Crippen molar-refractivity contribution in [1.82, 2.24) is 4.98 Å². The Hall–Kier alpha value is -2.26. The number of para-hydroxylation sites is 1. The van der Waals surface area contributed by atoms with Crippen molar-refractivity contribution in [3.05, 3.63) is 71.2 Å². The van der Waals surface area contributed by atoms with Crippen LogP contribution in [0.5, 0.6) is 11.5 Å². The largest absolute Gasteiger partial charge is 0.457 e. The van der Waals surface area contributed by atoms with Gasteiger partial charge < -0.3 is 9.72 Å². The molecule has 0 amide bonds. The van der Waals surface area contributed by atoms with Gasteiger partial charge in [-0.3, -0.25) is 0 Å². The highest BCUT2D eigenvalue weighted by atomic mass is 79.9. The Bertz CT molecular complexity index is 942. The van der Waals surface area contributed by atoms with Gasteiger partial charge in [-0.1, -0.05) is 40.2 Å². The van der Waals surface area contributed by atoms with Crippen molar-refractivity contribution in [2.45, 2.75) is 0 Å². The zero-order chi connectivity index (χ0) is 14.2. The Morgan fingerprint density at radius 2 is 1.52 bits per heavy atom. The Morgan fingerprint density at radius 1 is 0.714 bits per heavy atom. The second kappa shape index (κ2) is 4.93. The molecule has 2 nitrogen and oxygen atoms in total. The van der Waals surface area contributed by atoms with Crippen molar-refractivity contribution in [1.29, 1.82) is 0 Å². The highest BCUT2D eigenvalue weighted by Crippen LogP contribution is 2.30. The van der Waals surface area contributed by atoms with Crippen LogP contribution in [0.1, 0.15) is 0 Å². The second-order valence-electron chi connectivity index (χ2n) is 4.94. The summed E-state index contributed by atoms with van der Waals surface area (Å²) in [6.07, 6.45) is 0. The summed E-state index contributed by atoms with van der Waals surface area (Å²) in [5.74, 6) is 1.65. The number of hydrogen-bond acceptors (Lipinski definition) is 1. The molecule has 0 saturated carbocycles. The number of nitrogens with one attached hydrogen (secondary N) is 1. The number of aromatic nitrogens is 1. The van der Waals surface area contributed by atoms with Gasteiger partial charge in [0.25, 0.3) is 0 Å². The molecule has 0 aliphatic rings. The SMILES string of the molecule is Brc1cccc(Oc2ccc3c(c2)[nH]c2ccccc23)c1. The van der Waals surface area contributed by atoms with Crippen molar-refractivity contribution in [2.75, 3.05) is 0 Å². The van der Waals surface area contributed by atoms with Crippen molar-refractivity contribution in [3.8, 4) is 11.5 Å². The van der Waals surface area contributed by atoms with Crippen LogP contribution in [0.25, 0.3) is 21.8 Å². The van der Waals surface area contributed by atoms with Gasteiger partial charge in [-0.25, -0.2) is 0 Å². The molecular weight excluding hydrogens is 326 g/mol. The summed E-state index contributed by atoms with van der Waals surface area (Å²) in [7, 11) is 0. The van der Waals surface area contributed by atoms with E-state index in [1.54, 1.807) is 0 Å². The van der Waals surface area contributed by atoms with Crippen LogP contribution in [0.15, 0.2) is 71.2 Å². The van der Waals surface area contributed by atoms with E-state index in [0.717, 1.165) is 27.0 Å². The molecule has 102 valence electrons. The zero-order valence-corrected chi connectivity index (χ0v) is 12.7. The molecule has 0 unspecified atom stereocenters. The summed E-state index contributed by atoms with van der Waals surface area (Å²) in [4.78, 5) is 3.43. The molecular formula is C18H12BrNO. The summed E-state index contributed by atoms with van der Waals surface area (Å²) in [5, 5.41) is 2.45. The fourth-order valence-electron chi connectivity index (χ4n) is 2.56. The maximum absolute atomic E-state index is 5.91. The summed E-state index contributed by atoms with van der Waals surface area (Å²) in [5.41, 5.74) is 2.23. The molecule has 0 radical (unpaired) electrons. The number of ether oxygens (including phenoxy) is 1. The lowest BCUT2D eigenvalue weighted by Gasteiger charge is -2.06. The first kappa shape index (κ1) is 12.5. The monoisotopic (exact) mass is 337 g/mol. The topological polar surface area (TPSA) is 25.0 Å². The first-order valence-corrected chi connectivity index (χ1v) is 7.53. The van der Waals surface area contributed by atoms with E-state index in [-0.39, 0.29) is 0 Å². The first-order valence-electron chi connectivity index (χ1n) is 6.73. The molecule has 0 aliphatic carbocycles. The minimum atomic E-state index is 0.819. The summed E-state index contributed by atoms with van der Waals surface area (Å²) in [6, 6.07) is 22.3. The average molecular weight is 338 g/mol. The number of benzene rings is 3. The molecule has 4 aromatic rings. The Labute approximate surface area is 130 Å². The predicted molar refractivity (Wildman–Crippen MR) is 90.0 cm³/mol. The van der Waals surface area contributed by atoms with Gasteiger partial charge in [0, 0.05) is 26.8 Å². The first-order chi connectivity index (χ1) is 10.3. The zero-order valence-electron chi connectivity index (χ0n) is 11.1. The molecule has 0 bridgehead atoms. The fraction of sp³-hybridized carbons (Fsp3) is 0. The predicted octanol–water partition coefficient (Wildman–Crippen LogP) is 5.88. The molecule has 0 fully saturated rings. The Balaban J connectivity index is 1.78. The Kier molecular flexibility index (Phi) is 2.93. The van der Waals surface area contributed by atoms with Gasteiger partial charge >= 0.3 is 0 Å². The lowest BCUT2D eigenvalue weighted by molar-refractivity contribution is 0.483. The number of aromatic amines is 1. The molecule has 4 rings (SSSR count). The minimum absolute atomic E-state index is 0.819. The molecule has 3 heteroatoms. The van der Waals surface area contributed by atoms with E-state index < -0.39 is 0 Å². The standard InChI is InChI=1S/C18H12BrNO/c19-12-4-3-5-13(10-12)21-14-8-9-16-15-6-1-2-7-17(15)20-18(16)11-14/h1-11,20H. The van der Waals surface area contributed by atoms with Gasteiger partial charge in [0.1, 0.15) is 11.5 Å². The molecule has 21 heavy (non-hydrogen) atoms. The van der Waals surface area contributed by atoms with Gasteiger partial charge in [0.05, 0.1) is 5.52 Å². The van der Waals surface area contributed by atoms with Crippen LogP contribution in [-0.2, 0) is 0 Å². The summed E-state index contributed by atoms with van der Waals surface area (Å²) >= 11 is 3.45. The van der Waals surface area contributed by atoms with Crippen LogP contribution < -0.4 is 4.74 Å². The molecule has 0 aliphatic heterocycles. The highest BCUT2D eigenvalue weighted by molar-refractivity contribution is 9.10. The average Bonchev–Trinajstić information content (AvgIpc) is 2.85. The van der Waals surface area contributed by atoms with Gasteiger partial charge in [-0.15, -0.1) is 0 Å². The number of H-pyrrole nitrogens is 1. The van der Waals surface area contributed by atoms with Crippen molar-refractivity contribution < 1.29 is 4.74 Å². The molecule has 1 aromatic heterocycles. The maximum Gasteiger partial charge on any atom is 0.129 e. The van der Waals surface area contributed by atoms with Gasteiger partial charge in [-0.2, -0.15) is 0 Å². The molecule has 0 spiro atoms. The third-order valence-electron chi connectivity index (χ3n) is 3.51. The highest BCUT2D eigenvalue weighted by Gasteiger charge is 2.05. The number of halogens is 1. The van der Waals surface area contributed by atoms with Crippen LogP contribution in [0, 0.1) is 0 Å². The molecule has 1 heterocycles. The van der Waals surface area contributed by atoms with Gasteiger partial charge in [0.2, 0.25) is 0 Å². The molecule has 0 saturated heterocycles. The minimum Gasteiger partial charge on any atom is -0.457 e. The van der Waals surface area contributed by atoms with Crippen molar-refractivity contribution in [3.63, 3.8) is 0 Å². The lowest BCUT2D eigenvalue weighted by Crippen LogP contribution is -1.83. The van der Waals surface area contributed by atoms with E-state index in [9.17, 15) is 0 Å². The van der Waals surface area contributed by atoms with E-state index in [4.69, 9.17) is 4.74 Å². The van der Waals surface area contributed by atoms with E-state index >= 15 is 0 Å². The third-order valence-corrected chi connectivity index (χ3v) is 4.00. The summed E-state index contributed by atoms with van der Waals surface area (Å²) in [6.45, 7) is 0. The van der Waals surface area contributed by atoms with E-state index in [1.807, 2.05) is 42.5 Å². The van der Waals surface area contributed by atoms with Crippen molar-refractivity contribution >= 4 is 37.7 Å². The second-order valence-corrected chi connectivity index (χ2v) is 5.85. The third kappa shape index (κ3) is 2.30. The molecule has 0 atom stereocenters. The van der Waals surface area contributed by atoms with Crippen LogP contribution in [0.3, 0.4) is 0 Å². The maximum atomic E-state index is 5.91. The Morgan fingerprint density at radius 3 is 2.43 bits per heavy atom. The van der Waals surface area contributed by atoms with E-state index in [0.29, 0.717) is 0 Å². The molecule has 3 aromatic carbocycles. The fourth-order valence-corrected chi connectivity index (χ4v) is 2.94. The number of fused-ring (bicyclic) bond motifs is 3. The lowest BCUT2D eigenvalue weighted by atomic mass is 10.1. The molecule has 1 N–H and O–H groups in total. The van der Waals surface area contributed by atoms with Gasteiger partial charge in [-0.05, 0) is 36.4 Å². The smallest absolute Gasteiger partial charge is 0.129 e. The quantitative estimate of drug-likeness (QED) is 0.485. The van der Waals surface area contributed by atoms with Gasteiger partial charge in [0.15, 0.2) is 0 Å². The number of rotatable bonds is 2. The number of hydrogen-bond donors (Lipinski definition) is 1. The van der Waals surface area contributed by atoms with E-state index in [1.165, 1.54) is 10.8 Å². The van der Waals surface area contributed by atoms with Crippen LogP contribution in [0.4, 0.5) is 0 Å². The van der Waals surface area contributed by atoms with Crippen LogP contribution in [-0.4, -0.2) is 4.98 Å². The van der Waals surface area contributed by atoms with Crippen molar-refractivity contribution in [2.24, 2.45) is 0 Å².